The van der Waals surface area contributed by atoms with E-state index in [-0.39, 0.29) is 5.56 Å². The molecule has 0 aliphatic heterocycles. The first-order valence-electron chi connectivity index (χ1n) is 4.31. The van der Waals surface area contributed by atoms with Gasteiger partial charge in [0.2, 0.25) is 0 Å². The van der Waals surface area contributed by atoms with Crippen molar-refractivity contribution >= 4 is 10.9 Å². The van der Waals surface area contributed by atoms with Crippen LogP contribution in [0.2, 0.25) is 0 Å². The zero-order valence-corrected chi connectivity index (χ0v) is 7.67. The number of fused-ring (bicyclic) bond motifs is 1. The Morgan fingerprint density at radius 2 is 1.86 bits per heavy atom. The SMILES string of the molecule is CC(F)(F)c1ccnc2ccccc12. The molecule has 0 aliphatic rings. The molecule has 0 spiro atoms. The van der Waals surface area contributed by atoms with Crippen molar-refractivity contribution in [3.8, 4) is 0 Å². The summed E-state index contributed by atoms with van der Waals surface area (Å²) >= 11 is 0. The number of hydrogen-bond donors (Lipinski definition) is 0. The Hall–Kier alpha value is -1.51. The van der Waals surface area contributed by atoms with E-state index >= 15 is 0 Å². The molecule has 0 atom stereocenters. The topological polar surface area (TPSA) is 12.9 Å². The van der Waals surface area contributed by atoms with Crippen LogP contribution >= 0.6 is 0 Å². The Labute approximate surface area is 80.4 Å². The number of alkyl halides is 2. The molecule has 2 rings (SSSR count). The number of hydrogen-bond acceptors (Lipinski definition) is 1. The highest BCUT2D eigenvalue weighted by Crippen LogP contribution is 2.31. The van der Waals surface area contributed by atoms with Crippen molar-refractivity contribution < 1.29 is 8.78 Å². The number of pyridine rings is 1. The molecule has 1 heterocycles. The molecule has 0 radical (unpaired) electrons. The quantitative estimate of drug-likeness (QED) is 0.676. The summed E-state index contributed by atoms with van der Waals surface area (Å²) in [6, 6.07) is 8.27. The van der Waals surface area contributed by atoms with Crippen molar-refractivity contribution in [3.05, 3.63) is 42.1 Å². The lowest BCUT2D eigenvalue weighted by Crippen LogP contribution is -2.07. The number of halogens is 2. The van der Waals surface area contributed by atoms with Crippen LogP contribution in [0.4, 0.5) is 8.78 Å². The van der Waals surface area contributed by atoms with Gasteiger partial charge in [0.25, 0.3) is 5.92 Å². The third kappa shape index (κ3) is 1.45. The number of para-hydroxylation sites is 1. The van der Waals surface area contributed by atoms with Crippen LogP contribution in [0.1, 0.15) is 12.5 Å². The van der Waals surface area contributed by atoms with Crippen molar-refractivity contribution in [1.29, 1.82) is 0 Å². The van der Waals surface area contributed by atoms with E-state index in [9.17, 15) is 8.78 Å². The molecule has 2 aromatic rings. The van der Waals surface area contributed by atoms with Gasteiger partial charge < -0.3 is 0 Å². The number of aromatic nitrogens is 1. The molecule has 1 aromatic heterocycles. The molecule has 0 bridgehead atoms. The second-order valence-electron chi connectivity index (χ2n) is 3.26. The van der Waals surface area contributed by atoms with E-state index in [1.807, 2.05) is 0 Å². The maximum atomic E-state index is 13.2. The van der Waals surface area contributed by atoms with Crippen LogP contribution in [0.25, 0.3) is 10.9 Å². The van der Waals surface area contributed by atoms with E-state index in [1.165, 1.54) is 12.3 Å². The molecule has 3 heteroatoms. The van der Waals surface area contributed by atoms with Gasteiger partial charge in [-0.3, -0.25) is 4.98 Å². The van der Waals surface area contributed by atoms with Crippen LogP contribution in [0.3, 0.4) is 0 Å². The van der Waals surface area contributed by atoms with Gasteiger partial charge in [-0.2, -0.15) is 0 Å². The summed E-state index contributed by atoms with van der Waals surface area (Å²) in [5, 5.41) is 0.516. The second kappa shape index (κ2) is 3.01. The van der Waals surface area contributed by atoms with E-state index in [1.54, 1.807) is 24.3 Å². The first kappa shape index (κ1) is 9.06. The molecule has 0 saturated heterocycles. The molecule has 0 saturated carbocycles. The molecule has 72 valence electrons. The molecule has 0 amide bonds. The van der Waals surface area contributed by atoms with Gasteiger partial charge in [0.1, 0.15) is 0 Å². The predicted molar refractivity (Wildman–Crippen MR) is 51.3 cm³/mol. The molecule has 0 fully saturated rings. The lowest BCUT2D eigenvalue weighted by molar-refractivity contribution is 0.0190. The highest BCUT2D eigenvalue weighted by atomic mass is 19.3. The average molecular weight is 193 g/mol. The van der Waals surface area contributed by atoms with E-state index in [0.717, 1.165) is 6.92 Å². The van der Waals surface area contributed by atoms with Gasteiger partial charge in [0.15, 0.2) is 0 Å². The van der Waals surface area contributed by atoms with Crippen LogP contribution in [0.15, 0.2) is 36.5 Å². The lowest BCUT2D eigenvalue weighted by atomic mass is 10.0. The van der Waals surface area contributed by atoms with Crippen LogP contribution in [-0.4, -0.2) is 4.98 Å². The maximum absolute atomic E-state index is 13.2. The second-order valence-corrected chi connectivity index (χ2v) is 3.26. The van der Waals surface area contributed by atoms with Crippen LogP contribution in [-0.2, 0) is 5.92 Å². The first-order valence-corrected chi connectivity index (χ1v) is 4.31. The summed E-state index contributed by atoms with van der Waals surface area (Å²) < 4.78 is 26.3. The van der Waals surface area contributed by atoms with E-state index < -0.39 is 5.92 Å². The largest absolute Gasteiger partial charge is 0.271 e. The number of benzene rings is 1. The summed E-state index contributed by atoms with van der Waals surface area (Å²) in [6.45, 7) is 0.898. The zero-order chi connectivity index (χ0) is 10.2. The van der Waals surface area contributed by atoms with Gasteiger partial charge in [-0.1, -0.05) is 18.2 Å². The molecule has 0 N–H and O–H groups in total. The van der Waals surface area contributed by atoms with Gasteiger partial charge in [-0.25, -0.2) is 8.78 Å². The minimum absolute atomic E-state index is 0.0306. The predicted octanol–water partition coefficient (Wildman–Crippen LogP) is 3.35. The Kier molecular flexibility index (Phi) is 1.95. The number of nitrogens with zero attached hydrogens (tertiary/aromatic N) is 1. The van der Waals surface area contributed by atoms with Crippen molar-refractivity contribution in [2.24, 2.45) is 0 Å². The van der Waals surface area contributed by atoms with Crippen molar-refractivity contribution in [1.82, 2.24) is 4.98 Å². The third-order valence-electron chi connectivity index (χ3n) is 2.12. The Morgan fingerprint density at radius 1 is 1.14 bits per heavy atom. The van der Waals surface area contributed by atoms with Crippen LogP contribution < -0.4 is 0 Å². The first-order chi connectivity index (χ1) is 6.59. The Bertz CT molecular complexity index is 455. The minimum atomic E-state index is -2.82. The van der Waals surface area contributed by atoms with E-state index in [4.69, 9.17) is 0 Å². The highest BCUT2D eigenvalue weighted by molar-refractivity contribution is 5.82. The standard InChI is InChI=1S/C11H9F2N/c1-11(12,13)9-6-7-14-10-5-3-2-4-8(9)10/h2-7H,1H3. The summed E-state index contributed by atoms with van der Waals surface area (Å²) in [5.74, 6) is -2.82. The van der Waals surface area contributed by atoms with Gasteiger partial charge in [0, 0.05) is 24.1 Å². The summed E-state index contributed by atoms with van der Waals surface area (Å²) in [5.41, 5.74) is 0.634. The fourth-order valence-corrected chi connectivity index (χ4v) is 1.48. The summed E-state index contributed by atoms with van der Waals surface area (Å²) in [7, 11) is 0. The van der Waals surface area contributed by atoms with Gasteiger partial charge in [0.05, 0.1) is 5.52 Å². The molecule has 0 unspecified atom stereocenters. The van der Waals surface area contributed by atoms with Gasteiger partial charge >= 0.3 is 0 Å². The molecule has 1 aromatic carbocycles. The monoisotopic (exact) mass is 193 g/mol. The van der Waals surface area contributed by atoms with E-state index in [2.05, 4.69) is 4.98 Å². The average Bonchev–Trinajstić information content (AvgIpc) is 2.15. The maximum Gasteiger partial charge on any atom is 0.271 e. The number of rotatable bonds is 1. The molecular formula is C11H9F2N. The lowest BCUT2D eigenvalue weighted by Gasteiger charge is -2.12. The van der Waals surface area contributed by atoms with Crippen molar-refractivity contribution in [2.75, 3.05) is 0 Å². The highest BCUT2D eigenvalue weighted by Gasteiger charge is 2.26. The zero-order valence-electron chi connectivity index (χ0n) is 7.67. The summed E-state index contributed by atoms with van der Waals surface area (Å²) in [6.07, 6.45) is 1.41. The van der Waals surface area contributed by atoms with Crippen LogP contribution in [0.5, 0.6) is 0 Å². The fraction of sp³-hybridized carbons (Fsp3) is 0.182. The molecule has 0 aliphatic carbocycles. The minimum Gasteiger partial charge on any atom is -0.256 e. The van der Waals surface area contributed by atoms with Gasteiger partial charge in [-0.15, -0.1) is 0 Å². The van der Waals surface area contributed by atoms with Crippen LogP contribution in [0, 0.1) is 0 Å². The molecule has 14 heavy (non-hydrogen) atoms. The van der Waals surface area contributed by atoms with Crippen molar-refractivity contribution in [2.45, 2.75) is 12.8 Å². The van der Waals surface area contributed by atoms with Gasteiger partial charge in [-0.05, 0) is 12.1 Å². The third-order valence-corrected chi connectivity index (χ3v) is 2.12. The normalized spacial score (nSPS) is 11.9. The van der Waals surface area contributed by atoms with Crippen molar-refractivity contribution in [3.63, 3.8) is 0 Å². The summed E-state index contributed by atoms with van der Waals surface area (Å²) in [4.78, 5) is 4.02. The smallest absolute Gasteiger partial charge is 0.256 e. The fourth-order valence-electron chi connectivity index (χ4n) is 1.48. The Morgan fingerprint density at radius 3 is 2.57 bits per heavy atom. The molecular weight excluding hydrogens is 184 g/mol. The Balaban J connectivity index is 2.78. The van der Waals surface area contributed by atoms with E-state index in [0.29, 0.717) is 10.9 Å². The molecule has 1 nitrogen and oxygen atoms in total.